The van der Waals surface area contributed by atoms with Crippen molar-refractivity contribution in [3.63, 3.8) is 0 Å². The summed E-state index contributed by atoms with van der Waals surface area (Å²) in [6.45, 7) is 0. The van der Waals surface area contributed by atoms with E-state index in [1.54, 1.807) is 0 Å². The average molecular weight is 449 g/mol. The Hall–Kier alpha value is -0.600. The molecule has 0 N–H and O–H groups in total. The molecule has 0 saturated carbocycles. The SMILES string of the molecule is Clc1cc[c]([In]([c]2ccc(Cl)cc2)[c]2ccc(Cl)cc2)cc1. The van der Waals surface area contributed by atoms with Crippen molar-refractivity contribution < 1.29 is 0 Å². The standard InChI is InChI=1S/3C6H4Cl.In/c3*7-6-4-2-1-3-5-6;/h3*2-5H;. The van der Waals surface area contributed by atoms with Gasteiger partial charge in [-0.1, -0.05) is 0 Å². The molecule has 4 heteroatoms. The zero-order valence-electron chi connectivity index (χ0n) is 11.6. The summed E-state index contributed by atoms with van der Waals surface area (Å²) in [5.74, 6) is 0. The van der Waals surface area contributed by atoms with E-state index in [1.165, 1.54) is 9.96 Å². The third kappa shape index (κ3) is 3.83. The summed E-state index contributed by atoms with van der Waals surface area (Å²) in [4.78, 5) is 0. The van der Waals surface area contributed by atoms with Crippen molar-refractivity contribution in [3.8, 4) is 0 Å². The molecule has 0 aromatic heterocycles. The summed E-state index contributed by atoms with van der Waals surface area (Å²) in [6.07, 6.45) is 0. The van der Waals surface area contributed by atoms with Crippen LogP contribution in [0.2, 0.25) is 15.1 Å². The Balaban J connectivity index is 2.10. The zero-order chi connectivity index (χ0) is 15.5. The summed E-state index contributed by atoms with van der Waals surface area (Å²) in [6, 6.07) is 24.7. The third-order valence-electron chi connectivity index (χ3n) is 3.61. The average Bonchev–Trinajstić information content (AvgIpc) is 2.53. The molecular formula is C18H12Cl3In. The Morgan fingerprint density at radius 2 is 0.636 bits per heavy atom. The number of hydrogen-bond donors (Lipinski definition) is 0. The van der Waals surface area contributed by atoms with Crippen molar-refractivity contribution in [2.75, 3.05) is 0 Å². The molecule has 22 heavy (non-hydrogen) atoms. The predicted octanol–water partition coefficient (Wildman–Crippen LogP) is 4.16. The Bertz CT molecular complexity index is 642. The molecule has 3 rings (SSSR count). The molecule has 0 spiro atoms. The van der Waals surface area contributed by atoms with Crippen molar-refractivity contribution in [1.29, 1.82) is 0 Å². The molecule has 108 valence electrons. The maximum absolute atomic E-state index is 6.04. The van der Waals surface area contributed by atoms with Gasteiger partial charge in [0.15, 0.2) is 0 Å². The first kappa shape index (κ1) is 16.3. The molecule has 0 heterocycles. The molecule has 0 aliphatic heterocycles. The van der Waals surface area contributed by atoms with Crippen molar-refractivity contribution in [1.82, 2.24) is 0 Å². The van der Waals surface area contributed by atoms with Gasteiger partial charge in [0.25, 0.3) is 0 Å². The normalized spacial score (nSPS) is 10.5. The first-order valence-corrected chi connectivity index (χ1v) is 13.0. The molecule has 0 radical (unpaired) electrons. The van der Waals surface area contributed by atoms with Crippen LogP contribution in [0.4, 0.5) is 0 Å². The Kier molecular flexibility index (Phi) is 5.41. The van der Waals surface area contributed by atoms with Gasteiger partial charge in [-0.05, 0) is 0 Å². The van der Waals surface area contributed by atoms with Crippen LogP contribution in [0.15, 0.2) is 72.8 Å². The van der Waals surface area contributed by atoms with E-state index in [4.69, 9.17) is 34.8 Å². The second-order valence-electron chi connectivity index (χ2n) is 5.09. The second-order valence-corrected chi connectivity index (χ2v) is 14.6. The van der Waals surface area contributed by atoms with Crippen LogP contribution in [0, 0.1) is 0 Å². The molecule has 0 amide bonds. The van der Waals surface area contributed by atoms with E-state index < -0.39 is 21.4 Å². The van der Waals surface area contributed by atoms with Gasteiger partial charge < -0.3 is 0 Å². The fourth-order valence-corrected chi connectivity index (χ4v) is 11.2. The van der Waals surface area contributed by atoms with Gasteiger partial charge in [-0.3, -0.25) is 0 Å². The van der Waals surface area contributed by atoms with E-state index in [2.05, 4.69) is 36.4 Å². The van der Waals surface area contributed by atoms with Gasteiger partial charge in [0.2, 0.25) is 0 Å². The van der Waals surface area contributed by atoms with E-state index >= 15 is 0 Å². The van der Waals surface area contributed by atoms with Crippen LogP contribution in [0.1, 0.15) is 0 Å². The Morgan fingerprint density at radius 1 is 0.409 bits per heavy atom. The van der Waals surface area contributed by atoms with Crippen LogP contribution in [0.5, 0.6) is 0 Å². The number of rotatable bonds is 3. The van der Waals surface area contributed by atoms with Gasteiger partial charge in [-0.15, -0.1) is 0 Å². The van der Waals surface area contributed by atoms with Crippen LogP contribution < -0.4 is 9.96 Å². The molecule has 3 aromatic carbocycles. The van der Waals surface area contributed by atoms with E-state index in [1.807, 2.05) is 36.4 Å². The second kappa shape index (κ2) is 7.31. The zero-order valence-corrected chi connectivity index (χ0v) is 17.2. The molecule has 0 atom stereocenters. The fourth-order valence-electron chi connectivity index (χ4n) is 2.54. The van der Waals surface area contributed by atoms with Crippen LogP contribution in [0.25, 0.3) is 0 Å². The maximum atomic E-state index is 6.04. The molecule has 0 unspecified atom stereocenters. The van der Waals surface area contributed by atoms with E-state index in [-0.39, 0.29) is 0 Å². The van der Waals surface area contributed by atoms with Gasteiger partial charge in [-0.25, -0.2) is 0 Å². The minimum absolute atomic E-state index is 0.765. The molecule has 0 nitrogen and oxygen atoms in total. The van der Waals surface area contributed by atoms with E-state index in [0.29, 0.717) is 0 Å². The Labute approximate surface area is 153 Å². The van der Waals surface area contributed by atoms with Crippen molar-refractivity contribution in [2.45, 2.75) is 0 Å². The third-order valence-corrected chi connectivity index (χ3v) is 13.4. The van der Waals surface area contributed by atoms with Gasteiger partial charge in [0, 0.05) is 0 Å². The quantitative estimate of drug-likeness (QED) is 0.563. The van der Waals surface area contributed by atoms with E-state index in [0.717, 1.165) is 15.1 Å². The predicted molar refractivity (Wildman–Crippen MR) is 99.0 cm³/mol. The summed E-state index contributed by atoms with van der Waals surface area (Å²) in [7, 11) is 0. The molecular weight excluding hydrogens is 437 g/mol. The topological polar surface area (TPSA) is 0 Å². The number of hydrogen-bond acceptors (Lipinski definition) is 0. The van der Waals surface area contributed by atoms with Crippen LogP contribution in [0.3, 0.4) is 0 Å². The van der Waals surface area contributed by atoms with Gasteiger partial charge in [0.1, 0.15) is 0 Å². The summed E-state index contributed by atoms with van der Waals surface area (Å²) >= 11 is 15.7. The first-order chi connectivity index (χ1) is 10.6. The molecule has 3 aromatic rings. The van der Waals surface area contributed by atoms with Gasteiger partial charge in [0.05, 0.1) is 0 Å². The number of benzene rings is 3. The molecule has 0 aliphatic carbocycles. The summed E-state index contributed by atoms with van der Waals surface area (Å²) < 4.78 is 4.16. The van der Waals surface area contributed by atoms with Crippen molar-refractivity contribution in [2.24, 2.45) is 0 Å². The molecule has 0 bridgehead atoms. The molecule has 0 fully saturated rings. The van der Waals surface area contributed by atoms with Gasteiger partial charge in [-0.2, -0.15) is 0 Å². The molecule has 0 aliphatic rings. The number of halogens is 3. The molecule has 0 saturated heterocycles. The first-order valence-electron chi connectivity index (χ1n) is 6.90. The van der Waals surface area contributed by atoms with Crippen molar-refractivity contribution in [3.05, 3.63) is 87.9 Å². The fraction of sp³-hybridized carbons (Fsp3) is 0. The van der Waals surface area contributed by atoms with Gasteiger partial charge >= 0.3 is 154 Å². The van der Waals surface area contributed by atoms with E-state index in [9.17, 15) is 0 Å². The van der Waals surface area contributed by atoms with Crippen molar-refractivity contribution >= 4 is 66.2 Å². The summed E-state index contributed by atoms with van der Waals surface area (Å²) in [5.41, 5.74) is 0. The van der Waals surface area contributed by atoms with Crippen LogP contribution in [-0.2, 0) is 0 Å². The monoisotopic (exact) mass is 448 g/mol. The Morgan fingerprint density at radius 3 is 0.864 bits per heavy atom. The minimum atomic E-state index is -2.40. The van der Waals surface area contributed by atoms with Crippen LogP contribution in [-0.4, -0.2) is 21.4 Å². The summed E-state index contributed by atoms with van der Waals surface area (Å²) in [5, 5.41) is 2.29. The van der Waals surface area contributed by atoms with Crippen LogP contribution >= 0.6 is 34.8 Å².